The molecule has 2 aromatic carbocycles. The van der Waals surface area contributed by atoms with Gasteiger partial charge >= 0.3 is 12.1 Å². The molecule has 4 aliphatic rings. The van der Waals surface area contributed by atoms with Crippen LogP contribution in [0, 0.1) is 11.8 Å². The molecular formula is C28H30N2O5. The van der Waals surface area contributed by atoms with Gasteiger partial charge in [-0.05, 0) is 60.3 Å². The first-order valence-electron chi connectivity index (χ1n) is 12.7. The van der Waals surface area contributed by atoms with Crippen LogP contribution >= 0.6 is 0 Å². The molecule has 0 unspecified atom stereocenters. The molecule has 0 aromatic heterocycles. The van der Waals surface area contributed by atoms with Gasteiger partial charge in [0.15, 0.2) is 0 Å². The molecule has 1 aliphatic heterocycles. The number of rotatable bonds is 5. The summed E-state index contributed by atoms with van der Waals surface area (Å²) >= 11 is 0. The number of alkyl carbamates (subject to hydrolysis) is 1. The van der Waals surface area contributed by atoms with Crippen LogP contribution in [0.2, 0.25) is 0 Å². The summed E-state index contributed by atoms with van der Waals surface area (Å²) in [5.41, 5.74) is 3.63. The maximum Gasteiger partial charge on any atom is 0.407 e. The van der Waals surface area contributed by atoms with Crippen LogP contribution < -0.4 is 5.32 Å². The van der Waals surface area contributed by atoms with Crippen LogP contribution in [0.5, 0.6) is 0 Å². The second-order valence-corrected chi connectivity index (χ2v) is 10.4. The van der Waals surface area contributed by atoms with Gasteiger partial charge in [0, 0.05) is 18.5 Å². The molecule has 2 N–H and O–H groups in total. The van der Waals surface area contributed by atoms with Crippen molar-refractivity contribution >= 4 is 18.0 Å². The second-order valence-electron chi connectivity index (χ2n) is 10.4. The molecular weight excluding hydrogens is 444 g/mol. The van der Waals surface area contributed by atoms with Crippen LogP contribution in [0.3, 0.4) is 0 Å². The van der Waals surface area contributed by atoms with Gasteiger partial charge in [0.1, 0.15) is 12.1 Å². The molecule has 2 aromatic rings. The zero-order valence-corrected chi connectivity index (χ0v) is 19.6. The third-order valence-corrected chi connectivity index (χ3v) is 8.61. The predicted octanol–water partition coefficient (Wildman–Crippen LogP) is 4.16. The number of carboxylic acid groups (broad SMARTS) is 1. The summed E-state index contributed by atoms with van der Waals surface area (Å²) in [6.45, 7) is 0.705. The Bertz CT molecular complexity index is 1150. The lowest BCUT2D eigenvalue weighted by atomic mass is 9.96. The average Bonchev–Trinajstić information content (AvgIpc) is 3.34. The lowest BCUT2D eigenvalue weighted by molar-refractivity contribution is -0.156. The van der Waals surface area contributed by atoms with E-state index in [1.807, 2.05) is 24.3 Å². The van der Waals surface area contributed by atoms with Crippen LogP contribution in [0.25, 0.3) is 11.1 Å². The van der Waals surface area contributed by atoms with Crippen molar-refractivity contribution in [2.45, 2.75) is 56.0 Å². The minimum Gasteiger partial charge on any atom is -0.479 e. The van der Waals surface area contributed by atoms with Crippen molar-refractivity contribution < 1.29 is 24.2 Å². The minimum absolute atomic E-state index is 0.0234. The van der Waals surface area contributed by atoms with E-state index in [2.05, 4.69) is 29.6 Å². The van der Waals surface area contributed by atoms with E-state index >= 15 is 0 Å². The Hall–Kier alpha value is -3.35. The normalized spacial score (nSPS) is 28.6. The number of hydrogen-bond donors (Lipinski definition) is 2. The molecule has 3 aliphatic carbocycles. The summed E-state index contributed by atoms with van der Waals surface area (Å²) in [6.07, 6.45) is 3.90. The first kappa shape index (κ1) is 22.1. The lowest BCUT2D eigenvalue weighted by Crippen LogP contribution is -2.55. The van der Waals surface area contributed by atoms with Gasteiger partial charge in [-0.25, -0.2) is 9.59 Å². The fourth-order valence-corrected chi connectivity index (χ4v) is 6.79. The number of carboxylic acids is 1. The maximum absolute atomic E-state index is 13.5. The third kappa shape index (κ3) is 3.51. The number of piperidine rings is 1. The van der Waals surface area contributed by atoms with Crippen molar-refractivity contribution in [3.63, 3.8) is 0 Å². The highest BCUT2D eigenvalue weighted by atomic mass is 16.5. The number of benzene rings is 2. The van der Waals surface area contributed by atoms with Crippen molar-refractivity contribution in [1.82, 2.24) is 10.2 Å². The average molecular weight is 475 g/mol. The summed E-state index contributed by atoms with van der Waals surface area (Å²) in [6, 6.07) is 16.1. The number of hydrogen-bond acceptors (Lipinski definition) is 4. The smallest absolute Gasteiger partial charge is 0.407 e. The molecule has 0 spiro atoms. The van der Waals surface area contributed by atoms with Gasteiger partial charge < -0.3 is 20.1 Å². The van der Waals surface area contributed by atoms with Crippen molar-refractivity contribution in [1.29, 1.82) is 0 Å². The van der Waals surface area contributed by atoms with E-state index in [0.29, 0.717) is 25.8 Å². The molecule has 7 heteroatoms. The molecule has 0 bridgehead atoms. The van der Waals surface area contributed by atoms with E-state index in [9.17, 15) is 19.5 Å². The molecule has 182 valence electrons. The first-order chi connectivity index (χ1) is 17.0. The number of aliphatic carboxylic acids is 1. The van der Waals surface area contributed by atoms with Crippen LogP contribution in [0.1, 0.15) is 55.6 Å². The number of nitrogens with one attached hydrogen (secondary N) is 1. The van der Waals surface area contributed by atoms with Gasteiger partial charge in [0.25, 0.3) is 0 Å². The fourth-order valence-electron chi connectivity index (χ4n) is 6.79. The van der Waals surface area contributed by atoms with Gasteiger partial charge in [-0.2, -0.15) is 0 Å². The Morgan fingerprint density at radius 3 is 2.34 bits per heavy atom. The minimum atomic E-state index is -1.02. The zero-order valence-electron chi connectivity index (χ0n) is 19.6. The lowest BCUT2D eigenvalue weighted by Gasteiger charge is -2.36. The molecule has 6 rings (SSSR count). The standard InChI is InChI=1S/C28H30N2O5/c31-25(30-14-6-7-17-15-28(17,30)26(32)33)22-12-5-13-24(22)29-27(34)35-16-23-20-10-3-1-8-18(20)19-9-2-4-11-21(19)23/h1-4,8-11,17,22-24H,5-7,12-16H2,(H,29,34)(H,32,33)/t17-,22+,24-,28+/m1/s1. The number of carbonyl (C=O) groups is 3. The van der Waals surface area contributed by atoms with Gasteiger partial charge in [0.05, 0.1) is 5.92 Å². The largest absolute Gasteiger partial charge is 0.479 e. The maximum atomic E-state index is 13.5. The van der Waals surface area contributed by atoms with Gasteiger partial charge in [-0.15, -0.1) is 0 Å². The van der Waals surface area contributed by atoms with Crippen molar-refractivity contribution in [3.05, 3.63) is 59.7 Å². The highest BCUT2D eigenvalue weighted by molar-refractivity contribution is 5.92. The SMILES string of the molecule is O=C(N[C@@H]1CCC[C@@H]1C(=O)N1CCC[C@@H]2C[C@@]21C(=O)O)OCC1c2ccccc2-c2ccccc21. The molecule has 0 radical (unpaired) electrons. The number of nitrogens with zero attached hydrogens (tertiary/aromatic N) is 1. The Kier molecular flexibility index (Phi) is 5.31. The molecule has 1 saturated heterocycles. The van der Waals surface area contributed by atoms with E-state index in [0.717, 1.165) is 30.4 Å². The highest BCUT2D eigenvalue weighted by Gasteiger charge is 2.67. The van der Waals surface area contributed by atoms with Gasteiger partial charge in [-0.1, -0.05) is 55.0 Å². The molecule has 35 heavy (non-hydrogen) atoms. The Morgan fingerprint density at radius 1 is 0.971 bits per heavy atom. The van der Waals surface area contributed by atoms with Crippen LogP contribution in [-0.4, -0.2) is 52.7 Å². The van der Waals surface area contributed by atoms with Crippen LogP contribution in [-0.2, 0) is 14.3 Å². The molecule has 2 saturated carbocycles. The molecule has 3 fully saturated rings. The summed E-state index contributed by atoms with van der Waals surface area (Å²) in [5, 5.41) is 12.8. The molecule has 1 heterocycles. The molecule has 4 atom stereocenters. The summed E-state index contributed by atoms with van der Waals surface area (Å²) in [7, 11) is 0. The van der Waals surface area contributed by atoms with Gasteiger partial charge in [0.2, 0.25) is 5.91 Å². The molecule has 2 amide bonds. The van der Waals surface area contributed by atoms with Gasteiger partial charge in [-0.3, -0.25) is 4.79 Å². The Labute approximate surface area is 204 Å². The first-order valence-corrected chi connectivity index (χ1v) is 12.7. The predicted molar refractivity (Wildman–Crippen MR) is 129 cm³/mol. The Morgan fingerprint density at radius 2 is 1.66 bits per heavy atom. The van der Waals surface area contributed by atoms with Crippen LogP contribution in [0.4, 0.5) is 4.79 Å². The quantitative estimate of drug-likeness (QED) is 0.679. The van der Waals surface area contributed by atoms with Crippen molar-refractivity contribution in [2.75, 3.05) is 13.2 Å². The number of ether oxygens (including phenoxy) is 1. The van der Waals surface area contributed by atoms with Crippen molar-refractivity contribution in [3.8, 4) is 11.1 Å². The van der Waals surface area contributed by atoms with E-state index in [1.165, 1.54) is 11.1 Å². The number of likely N-dealkylation sites (tertiary alicyclic amines) is 1. The summed E-state index contributed by atoms with van der Waals surface area (Å²) < 4.78 is 5.69. The second kappa shape index (κ2) is 8.40. The molecule has 7 nitrogen and oxygen atoms in total. The van der Waals surface area contributed by atoms with Crippen molar-refractivity contribution in [2.24, 2.45) is 11.8 Å². The van der Waals surface area contributed by atoms with E-state index in [-0.39, 0.29) is 30.4 Å². The number of carbonyl (C=O) groups excluding carboxylic acids is 2. The van der Waals surface area contributed by atoms with Crippen LogP contribution in [0.15, 0.2) is 48.5 Å². The van der Waals surface area contributed by atoms with E-state index < -0.39 is 23.5 Å². The zero-order chi connectivity index (χ0) is 24.2. The van der Waals surface area contributed by atoms with E-state index in [4.69, 9.17) is 4.74 Å². The fraction of sp³-hybridized carbons (Fsp3) is 0.464. The van der Waals surface area contributed by atoms with E-state index in [1.54, 1.807) is 4.90 Å². The summed E-state index contributed by atoms with van der Waals surface area (Å²) in [5.74, 6) is -1.38. The monoisotopic (exact) mass is 474 g/mol. The summed E-state index contributed by atoms with van der Waals surface area (Å²) in [4.78, 5) is 39.9. The topological polar surface area (TPSA) is 95.9 Å². The number of fused-ring (bicyclic) bond motifs is 4. The highest BCUT2D eigenvalue weighted by Crippen LogP contribution is 2.55. The third-order valence-electron chi connectivity index (χ3n) is 8.61. The Balaban J connectivity index is 1.12. The number of amides is 2.